The van der Waals surface area contributed by atoms with Crippen molar-refractivity contribution < 1.29 is 14.6 Å². The van der Waals surface area contributed by atoms with Crippen molar-refractivity contribution in [2.45, 2.75) is 51.2 Å². The van der Waals surface area contributed by atoms with E-state index in [4.69, 9.17) is 24.5 Å². The van der Waals surface area contributed by atoms with E-state index in [1.54, 1.807) is 0 Å². The number of hydrogen-bond donors (Lipinski definition) is 1. The first-order valence-corrected chi connectivity index (χ1v) is 13.7. The lowest BCUT2D eigenvalue weighted by atomic mass is 9.85. The fourth-order valence-corrected chi connectivity index (χ4v) is 6.28. The molecule has 3 aliphatic rings. The number of aryl methyl sites for hydroxylation is 2. The highest BCUT2D eigenvalue weighted by Gasteiger charge is 2.29. The van der Waals surface area contributed by atoms with Gasteiger partial charge in [-0.3, -0.25) is 4.90 Å². The van der Waals surface area contributed by atoms with Gasteiger partial charge in [-0.15, -0.1) is 0 Å². The Bertz CT molecular complexity index is 1270. The van der Waals surface area contributed by atoms with E-state index in [0.717, 1.165) is 55.6 Å². The van der Waals surface area contributed by atoms with Crippen molar-refractivity contribution in [3.05, 3.63) is 35.2 Å². The van der Waals surface area contributed by atoms with Gasteiger partial charge in [0.05, 0.1) is 31.4 Å². The fraction of sp³-hybridized carbons (Fsp3) is 0.593. The summed E-state index contributed by atoms with van der Waals surface area (Å²) in [7, 11) is 2.07. The first kappa shape index (κ1) is 24.8. The van der Waals surface area contributed by atoms with Gasteiger partial charge in [0.25, 0.3) is 0 Å². The summed E-state index contributed by atoms with van der Waals surface area (Å²) in [5.41, 5.74) is 4.89. The number of aliphatic hydroxyl groups excluding tert-OH is 1. The minimum atomic E-state index is -0.196. The predicted octanol–water partition coefficient (Wildman–Crippen LogP) is 0.857. The fourth-order valence-electron chi connectivity index (χ4n) is 6.28. The van der Waals surface area contributed by atoms with Crippen molar-refractivity contribution >= 4 is 30.2 Å². The molecule has 1 aromatic carbocycles. The lowest BCUT2D eigenvalue weighted by molar-refractivity contribution is 0.00335. The maximum atomic E-state index is 9.58. The molecule has 0 unspecified atom stereocenters. The first-order valence-electron chi connectivity index (χ1n) is 13.7. The van der Waals surface area contributed by atoms with Gasteiger partial charge in [-0.1, -0.05) is 0 Å². The third-order valence-electron chi connectivity index (χ3n) is 8.34. The Morgan fingerprint density at radius 2 is 1.84 bits per heavy atom. The zero-order valence-corrected chi connectivity index (χ0v) is 22.2. The number of piperidine rings is 1. The van der Waals surface area contributed by atoms with Crippen LogP contribution in [0.4, 0.5) is 5.82 Å². The molecule has 37 heavy (non-hydrogen) atoms. The van der Waals surface area contributed by atoms with E-state index in [2.05, 4.69) is 36.7 Å². The number of ether oxygens (including phenoxy) is 2. The summed E-state index contributed by atoms with van der Waals surface area (Å²) in [4.78, 5) is 14.3. The summed E-state index contributed by atoms with van der Waals surface area (Å²) < 4.78 is 13.3. The van der Waals surface area contributed by atoms with Crippen LogP contribution in [0.3, 0.4) is 0 Å². The number of aromatic nitrogens is 4. The average Bonchev–Trinajstić information content (AvgIpc) is 3.57. The number of benzene rings is 1. The standard InChI is InChI=1S/C27H37BN6O3/c1-17-11-23-24(12-22(17)19-3-6-32(7-4-19)20-5-9-36-16-20)34(31-27(23)28)26-13-25(29-18(2)30-26)33-8-10-37-21(14-33)15-35/h11-13,19-21,35H,3-10,14-16,28H2,1-2H3/t20-,21-/m1/s1. The first-order chi connectivity index (χ1) is 18.0. The maximum Gasteiger partial charge on any atom is 0.167 e. The molecule has 2 aromatic heterocycles. The van der Waals surface area contributed by atoms with E-state index in [1.807, 2.05) is 17.7 Å². The van der Waals surface area contributed by atoms with Crippen molar-refractivity contribution in [2.24, 2.45) is 0 Å². The Morgan fingerprint density at radius 3 is 2.59 bits per heavy atom. The van der Waals surface area contributed by atoms with Crippen molar-refractivity contribution in [3.63, 3.8) is 0 Å². The molecule has 3 saturated heterocycles. The van der Waals surface area contributed by atoms with Gasteiger partial charge >= 0.3 is 0 Å². The second-order valence-electron chi connectivity index (χ2n) is 10.8. The highest BCUT2D eigenvalue weighted by molar-refractivity contribution is 6.37. The topological polar surface area (TPSA) is 88.8 Å². The van der Waals surface area contributed by atoms with E-state index in [-0.39, 0.29) is 12.7 Å². The summed E-state index contributed by atoms with van der Waals surface area (Å²) >= 11 is 0. The molecule has 0 amide bonds. The summed E-state index contributed by atoms with van der Waals surface area (Å²) in [6.07, 6.45) is 3.32. The van der Waals surface area contributed by atoms with Crippen molar-refractivity contribution in [3.8, 4) is 5.82 Å². The van der Waals surface area contributed by atoms with Gasteiger partial charge in [-0.2, -0.15) is 5.10 Å². The summed E-state index contributed by atoms with van der Waals surface area (Å²) in [5.74, 6) is 2.88. The van der Waals surface area contributed by atoms with E-state index >= 15 is 0 Å². The molecule has 2 atom stereocenters. The van der Waals surface area contributed by atoms with E-state index in [0.29, 0.717) is 30.9 Å². The van der Waals surface area contributed by atoms with Crippen LogP contribution in [0.25, 0.3) is 16.7 Å². The molecule has 10 heteroatoms. The monoisotopic (exact) mass is 504 g/mol. The lowest BCUT2D eigenvalue weighted by Gasteiger charge is -2.36. The minimum absolute atomic E-state index is 0.00585. The van der Waals surface area contributed by atoms with Gasteiger partial charge in [0.1, 0.15) is 11.6 Å². The molecule has 0 radical (unpaired) electrons. The molecular weight excluding hydrogens is 467 g/mol. The van der Waals surface area contributed by atoms with Crippen molar-refractivity contribution in [1.29, 1.82) is 0 Å². The van der Waals surface area contributed by atoms with Crippen LogP contribution in [-0.2, 0) is 9.47 Å². The molecule has 196 valence electrons. The second-order valence-corrected chi connectivity index (χ2v) is 10.8. The zero-order valence-electron chi connectivity index (χ0n) is 22.2. The summed E-state index contributed by atoms with van der Waals surface area (Å²) in [6.45, 7) is 10.2. The Morgan fingerprint density at radius 1 is 1.03 bits per heavy atom. The number of hydrogen-bond acceptors (Lipinski definition) is 8. The SMILES string of the molecule is Bc1nn(-c2cc(N3CCO[C@@H](CO)C3)nc(C)n2)c2cc(C3CCN([C@@H]4CCOC4)CC3)c(C)cc12. The minimum Gasteiger partial charge on any atom is -0.394 e. The number of rotatable bonds is 5. The van der Waals surface area contributed by atoms with Crippen molar-refractivity contribution in [1.82, 2.24) is 24.6 Å². The van der Waals surface area contributed by atoms with Gasteiger partial charge in [-0.05, 0) is 75.4 Å². The molecule has 0 saturated carbocycles. The van der Waals surface area contributed by atoms with Crippen LogP contribution >= 0.6 is 0 Å². The molecule has 9 nitrogen and oxygen atoms in total. The van der Waals surface area contributed by atoms with Crippen LogP contribution in [0.5, 0.6) is 0 Å². The predicted molar refractivity (Wildman–Crippen MR) is 146 cm³/mol. The van der Waals surface area contributed by atoms with E-state index < -0.39 is 0 Å². The number of anilines is 1. The van der Waals surface area contributed by atoms with Crippen LogP contribution in [-0.4, -0.2) is 102 Å². The molecule has 5 heterocycles. The molecule has 0 aliphatic carbocycles. The average molecular weight is 504 g/mol. The van der Waals surface area contributed by atoms with Gasteiger partial charge in [0.15, 0.2) is 13.7 Å². The van der Waals surface area contributed by atoms with E-state index in [9.17, 15) is 5.11 Å². The van der Waals surface area contributed by atoms with E-state index in [1.165, 1.54) is 35.8 Å². The molecule has 3 aliphatic heterocycles. The third-order valence-corrected chi connectivity index (χ3v) is 8.34. The zero-order chi connectivity index (χ0) is 25.5. The maximum absolute atomic E-state index is 9.58. The molecule has 0 bridgehead atoms. The molecule has 3 aromatic rings. The molecular formula is C27H37BN6O3. The van der Waals surface area contributed by atoms with Crippen LogP contribution < -0.4 is 10.5 Å². The number of likely N-dealkylation sites (tertiary alicyclic amines) is 1. The highest BCUT2D eigenvalue weighted by Crippen LogP contribution is 2.34. The number of aliphatic hydroxyl groups is 1. The second kappa shape index (κ2) is 10.3. The van der Waals surface area contributed by atoms with Gasteiger partial charge in [-0.25, -0.2) is 14.6 Å². The smallest absolute Gasteiger partial charge is 0.167 e. The Balaban J connectivity index is 1.31. The number of nitrogens with zero attached hydrogens (tertiary/aromatic N) is 6. The van der Waals surface area contributed by atoms with Crippen LogP contribution in [0, 0.1) is 13.8 Å². The van der Waals surface area contributed by atoms with Gasteiger partial charge in [0, 0.05) is 42.8 Å². The Labute approximate surface area is 219 Å². The van der Waals surface area contributed by atoms with Gasteiger partial charge in [0.2, 0.25) is 0 Å². The Hall–Kier alpha value is -2.53. The quantitative estimate of drug-likeness (QED) is 0.512. The molecule has 1 N–H and O–H groups in total. The molecule has 6 rings (SSSR count). The van der Waals surface area contributed by atoms with Crippen LogP contribution in [0.15, 0.2) is 18.2 Å². The Kier molecular flexibility index (Phi) is 6.92. The molecule has 0 spiro atoms. The number of fused-ring (bicyclic) bond motifs is 1. The van der Waals surface area contributed by atoms with Gasteiger partial charge < -0.3 is 19.5 Å². The summed E-state index contributed by atoms with van der Waals surface area (Å²) in [6, 6.07) is 7.28. The van der Waals surface area contributed by atoms with Crippen LogP contribution in [0.1, 0.15) is 42.1 Å². The number of morpholine rings is 1. The normalized spacial score (nSPS) is 23.8. The lowest BCUT2D eigenvalue weighted by Crippen LogP contribution is -2.44. The molecule has 3 fully saturated rings. The van der Waals surface area contributed by atoms with Crippen molar-refractivity contribution in [2.75, 3.05) is 57.5 Å². The summed E-state index contributed by atoms with van der Waals surface area (Å²) in [5, 5.41) is 15.7. The largest absolute Gasteiger partial charge is 0.394 e. The van der Waals surface area contributed by atoms with Crippen LogP contribution in [0.2, 0.25) is 0 Å². The third kappa shape index (κ3) is 4.88. The highest BCUT2D eigenvalue weighted by atomic mass is 16.5.